The molecule has 0 saturated heterocycles. The van der Waals surface area contributed by atoms with Crippen LogP contribution < -0.4 is 5.84 Å². The van der Waals surface area contributed by atoms with Crippen LogP contribution in [0.3, 0.4) is 0 Å². The number of hydrogen-bond acceptors (Lipinski definition) is 7. The number of nitrogen functional groups attached to an aromatic ring is 1. The summed E-state index contributed by atoms with van der Waals surface area (Å²) in [6.07, 6.45) is 0. The number of nitrogens with zero attached hydrogens (tertiary/aromatic N) is 7. The molecule has 8 nitrogen and oxygen atoms in total. The fraction of sp³-hybridized carbons (Fsp3) is 0.235. The van der Waals surface area contributed by atoms with Gasteiger partial charge >= 0.3 is 0 Å². The van der Waals surface area contributed by atoms with Gasteiger partial charge in [-0.2, -0.15) is 9.61 Å². The molecule has 0 aliphatic rings. The lowest BCUT2D eigenvalue weighted by molar-refractivity contribution is 0.523. The average molecular weight is 435 g/mol. The van der Waals surface area contributed by atoms with Crippen LogP contribution in [0, 0.1) is 0 Å². The van der Waals surface area contributed by atoms with Crippen LogP contribution in [0.4, 0.5) is 0 Å². The van der Waals surface area contributed by atoms with E-state index < -0.39 is 0 Å². The molecule has 144 valence electrons. The van der Waals surface area contributed by atoms with Crippen molar-refractivity contribution >= 4 is 40.6 Å². The zero-order valence-electron chi connectivity index (χ0n) is 15.3. The molecular formula is C17H16Cl2N8S. The van der Waals surface area contributed by atoms with E-state index in [-0.39, 0.29) is 5.41 Å². The van der Waals surface area contributed by atoms with Gasteiger partial charge in [0.05, 0.1) is 0 Å². The summed E-state index contributed by atoms with van der Waals surface area (Å²) in [5.74, 6) is 7.39. The van der Waals surface area contributed by atoms with Crippen molar-refractivity contribution in [2.45, 2.75) is 36.4 Å². The molecule has 0 radical (unpaired) electrons. The largest absolute Gasteiger partial charge is 0.336 e. The second-order valence-corrected chi connectivity index (χ2v) is 9.01. The van der Waals surface area contributed by atoms with E-state index in [2.05, 4.69) is 25.5 Å². The van der Waals surface area contributed by atoms with E-state index >= 15 is 0 Å². The molecule has 0 bridgehead atoms. The smallest absolute Gasteiger partial charge is 0.216 e. The van der Waals surface area contributed by atoms with Crippen LogP contribution in [0.25, 0.3) is 17.0 Å². The summed E-state index contributed by atoms with van der Waals surface area (Å²) in [7, 11) is 0. The normalized spacial score (nSPS) is 12.0. The van der Waals surface area contributed by atoms with Crippen LogP contribution in [-0.2, 0) is 5.41 Å². The monoisotopic (exact) mass is 434 g/mol. The second kappa shape index (κ2) is 6.91. The Hall–Kier alpha value is -2.36. The first kappa shape index (κ1) is 19.0. The number of aromatic nitrogens is 7. The Balaban J connectivity index is 1.73. The number of fused-ring (bicyclic) bond motifs is 1. The van der Waals surface area contributed by atoms with Gasteiger partial charge in [0.15, 0.2) is 17.3 Å². The molecule has 0 aliphatic heterocycles. The van der Waals surface area contributed by atoms with E-state index in [4.69, 9.17) is 29.0 Å². The SMILES string of the molecule is CC(C)(C)c1nnc(Sc2ccc3nnc(-c4cc(Cl)cc(Cl)c4)n3n2)n1N. The lowest BCUT2D eigenvalue weighted by atomic mass is 9.96. The standard InChI is InChI=1S/C17H16Cl2N8S/c1-17(2,3)15-23-24-16(26(15)20)28-13-5-4-12-21-22-14(27(12)25-13)9-6-10(18)8-11(19)7-9/h4-8H,20H2,1-3H3. The van der Waals surface area contributed by atoms with Gasteiger partial charge in [0.1, 0.15) is 5.03 Å². The number of rotatable bonds is 3. The van der Waals surface area contributed by atoms with Gasteiger partial charge in [-0.3, -0.25) is 0 Å². The van der Waals surface area contributed by atoms with E-state index in [9.17, 15) is 0 Å². The summed E-state index contributed by atoms with van der Waals surface area (Å²) in [6.45, 7) is 6.08. The molecule has 3 aromatic heterocycles. The van der Waals surface area contributed by atoms with Crippen molar-refractivity contribution in [3.63, 3.8) is 0 Å². The first-order valence-corrected chi connectivity index (χ1v) is 9.87. The third kappa shape index (κ3) is 3.52. The molecule has 0 aliphatic carbocycles. The number of hydrogen-bond donors (Lipinski definition) is 1. The molecule has 1 aromatic carbocycles. The van der Waals surface area contributed by atoms with Gasteiger partial charge in [0.25, 0.3) is 0 Å². The van der Waals surface area contributed by atoms with E-state index in [1.54, 1.807) is 22.7 Å². The minimum absolute atomic E-state index is 0.217. The summed E-state index contributed by atoms with van der Waals surface area (Å²) in [6, 6.07) is 8.83. The van der Waals surface area contributed by atoms with Crippen molar-refractivity contribution in [1.29, 1.82) is 0 Å². The van der Waals surface area contributed by atoms with Crippen molar-refractivity contribution in [2.24, 2.45) is 0 Å². The van der Waals surface area contributed by atoms with Crippen LogP contribution in [-0.4, -0.2) is 34.7 Å². The minimum Gasteiger partial charge on any atom is -0.336 e. The predicted octanol–water partition coefficient (Wildman–Crippen LogP) is 3.85. The van der Waals surface area contributed by atoms with Gasteiger partial charge in [-0.15, -0.1) is 20.4 Å². The molecule has 28 heavy (non-hydrogen) atoms. The van der Waals surface area contributed by atoms with Gasteiger partial charge in [0.2, 0.25) is 5.16 Å². The summed E-state index contributed by atoms with van der Waals surface area (Å²) in [5.41, 5.74) is 1.10. The lowest BCUT2D eigenvalue weighted by Gasteiger charge is -2.16. The highest BCUT2D eigenvalue weighted by Gasteiger charge is 2.23. The predicted molar refractivity (Wildman–Crippen MR) is 109 cm³/mol. The van der Waals surface area contributed by atoms with Gasteiger partial charge in [-0.1, -0.05) is 44.0 Å². The first-order valence-electron chi connectivity index (χ1n) is 8.30. The zero-order valence-corrected chi connectivity index (χ0v) is 17.6. The third-order valence-electron chi connectivity index (χ3n) is 3.89. The molecule has 4 aromatic rings. The fourth-order valence-corrected chi connectivity index (χ4v) is 3.88. The molecule has 0 fully saturated rings. The maximum atomic E-state index is 6.17. The van der Waals surface area contributed by atoms with E-state index in [0.717, 1.165) is 5.56 Å². The number of halogens is 2. The molecule has 2 N–H and O–H groups in total. The van der Waals surface area contributed by atoms with Crippen LogP contribution >= 0.6 is 35.0 Å². The highest BCUT2D eigenvalue weighted by Crippen LogP contribution is 2.29. The molecule has 11 heteroatoms. The molecule has 0 saturated carbocycles. The summed E-state index contributed by atoms with van der Waals surface area (Å²) in [4.78, 5) is 0. The summed E-state index contributed by atoms with van der Waals surface area (Å²) >= 11 is 13.5. The van der Waals surface area contributed by atoms with Crippen molar-refractivity contribution in [2.75, 3.05) is 5.84 Å². The van der Waals surface area contributed by atoms with Crippen LogP contribution in [0.2, 0.25) is 10.0 Å². The van der Waals surface area contributed by atoms with Crippen LogP contribution in [0.5, 0.6) is 0 Å². The van der Waals surface area contributed by atoms with Crippen molar-refractivity contribution in [1.82, 2.24) is 34.7 Å². The molecule has 0 unspecified atom stereocenters. The highest BCUT2D eigenvalue weighted by atomic mass is 35.5. The van der Waals surface area contributed by atoms with Gasteiger partial charge in [0, 0.05) is 21.0 Å². The molecule has 4 rings (SSSR count). The Bertz CT molecular complexity index is 1160. The summed E-state index contributed by atoms with van der Waals surface area (Å²) in [5, 5.41) is 23.6. The number of benzene rings is 1. The minimum atomic E-state index is -0.217. The first-order chi connectivity index (χ1) is 13.2. The maximum Gasteiger partial charge on any atom is 0.216 e. The van der Waals surface area contributed by atoms with E-state index in [0.29, 0.717) is 37.5 Å². The fourth-order valence-electron chi connectivity index (χ4n) is 2.64. The second-order valence-electron chi connectivity index (χ2n) is 7.15. The van der Waals surface area contributed by atoms with Crippen molar-refractivity contribution in [3.05, 3.63) is 46.2 Å². The molecule has 0 atom stereocenters. The van der Waals surface area contributed by atoms with E-state index in [1.165, 1.54) is 16.4 Å². The van der Waals surface area contributed by atoms with Crippen molar-refractivity contribution < 1.29 is 0 Å². The van der Waals surface area contributed by atoms with Gasteiger partial charge in [-0.25, -0.2) is 4.68 Å². The average Bonchev–Trinajstić information content (AvgIpc) is 3.17. The van der Waals surface area contributed by atoms with Crippen LogP contribution in [0.15, 0.2) is 40.5 Å². The summed E-state index contributed by atoms with van der Waals surface area (Å²) < 4.78 is 3.12. The quantitative estimate of drug-likeness (QED) is 0.488. The molecule has 0 spiro atoms. The van der Waals surface area contributed by atoms with E-state index in [1.807, 2.05) is 32.9 Å². The Morgan fingerprint density at radius 2 is 1.68 bits per heavy atom. The molecule has 0 amide bonds. The van der Waals surface area contributed by atoms with Gasteiger partial charge < -0.3 is 5.84 Å². The zero-order chi connectivity index (χ0) is 20.1. The number of nitrogens with two attached hydrogens (primary N) is 1. The van der Waals surface area contributed by atoms with Gasteiger partial charge in [-0.05, 0) is 42.1 Å². The Kier molecular flexibility index (Phi) is 4.68. The van der Waals surface area contributed by atoms with Crippen molar-refractivity contribution in [3.8, 4) is 11.4 Å². The third-order valence-corrected chi connectivity index (χ3v) is 5.21. The Morgan fingerprint density at radius 1 is 0.964 bits per heavy atom. The van der Waals surface area contributed by atoms with Crippen LogP contribution in [0.1, 0.15) is 26.6 Å². The topological polar surface area (TPSA) is 99.8 Å². The lowest BCUT2D eigenvalue weighted by Crippen LogP contribution is -2.24. The Labute approximate surface area is 175 Å². The maximum absolute atomic E-state index is 6.17. The molecular weight excluding hydrogens is 419 g/mol. The highest BCUT2D eigenvalue weighted by molar-refractivity contribution is 7.99. The Morgan fingerprint density at radius 3 is 2.32 bits per heavy atom. The molecule has 3 heterocycles.